The van der Waals surface area contributed by atoms with Gasteiger partial charge in [0.15, 0.2) is 0 Å². The molecule has 24 heavy (non-hydrogen) atoms. The largest absolute Gasteiger partial charge is 0.492 e. The Bertz CT molecular complexity index is 726. The van der Waals surface area contributed by atoms with E-state index in [1.165, 1.54) is 0 Å². The van der Waals surface area contributed by atoms with E-state index >= 15 is 0 Å². The molecule has 0 atom stereocenters. The molecular weight excluding hydrogens is 326 g/mol. The van der Waals surface area contributed by atoms with Crippen molar-refractivity contribution in [3.8, 4) is 11.8 Å². The average Bonchev–Trinajstić information content (AvgIpc) is 2.56. The maximum atomic E-state index is 12.0. The van der Waals surface area contributed by atoms with E-state index < -0.39 is 0 Å². The first kappa shape index (κ1) is 17.8. The number of benzene rings is 2. The number of hydrogen-bond acceptors (Lipinski definition) is 4. The first-order valence-corrected chi connectivity index (χ1v) is 7.81. The fourth-order valence-electron chi connectivity index (χ4n) is 2.04. The number of nitrogens with one attached hydrogen (secondary N) is 1. The molecule has 0 aliphatic carbocycles. The first-order valence-electron chi connectivity index (χ1n) is 7.44. The number of likely N-dealkylation sites (N-methyl/N-ethyl adjacent to an activating group) is 1. The average molecular weight is 344 g/mol. The van der Waals surface area contributed by atoms with Crippen molar-refractivity contribution < 1.29 is 9.53 Å². The molecule has 2 aromatic rings. The van der Waals surface area contributed by atoms with Gasteiger partial charge in [0, 0.05) is 17.3 Å². The summed E-state index contributed by atoms with van der Waals surface area (Å²) in [6.07, 6.45) is 0. The van der Waals surface area contributed by atoms with Crippen molar-refractivity contribution in [3.05, 3.63) is 59.1 Å². The van der Waals surface area contributed by atoms with Gasteiger partial charge in [0.05, 0.1) is 18.2 Å². The zero-order chi connectivity index (χ0) is 17.4. The molecule has 0 aliphatic heterocycles. The maximum absolute atomic E-state index is 12.0. The Labute approximate surface area is 146 Å². The zero-order valence-electron chi connectivity index (χ0n) is 13.3. The third-order valence-electron chi connectivity index (χ3n) is 3.24. The lowest BCUT2D eigenvalue weighted by molar-refractivity contribution is -0.117. The molecule has 0 aliphatic rings. The number of amides is 1. The first-order chi connectivity index (χ1) is 11.6. The molecule has 0 saturated carbocycles. The zero-order valence-corrected chi connectivity index (χ0v) is 14.1. The van der Waals surface area contributed by atoms with Crippen molar-refractivity contribution in [1.82, 2.24) is 4.90 Å². The lowest BCUT2D eigenvalue weighted by Crippen LogP contribution is -2.33. The molecule has 1 amide bonds. The van der Waals surface area contributed by atoms with Crippen LogP contribution in [0.4, 0.5) is 5.69 Å². The Kier molecular flexibility index (Phi) is 6.62. The van der Waals surface area contributed by atoms with Gasteiger partial charge in [-0.05, 0) is 49.5 Å². The van der Waals surface area contributed by atoms with Gasteiger partial charge in [-0.1, -0.05) is 17.7 Å². The van der Waals surface area contributed by atoms with Gasteiger partial charge in [-0.2, -0.15) is 5.26 Å². The Balaban J connectivity index is 1.73. The second-order valence-corrected chi connectivity index (χ2v) is 5.72. The van der Waals surface area contributed by atoms with E-state index in [0.717, 1.165) is 5.75 Å². The van der Waals surface area contributed by atoms with Crippen molar-refractivity contribution in [3.63, 3.8) is 0 Å². The number of nitrogens with zero attached hydrogens (tertiary/aromatic N) is 2. The fourth-order valence-corrected chi connectivity index (χ4v) is 2.17. The summed E-state index contributed by atoms with van der Waals surface area (Å²) in [6.45, 7) is 1.31. The highest BCUT2D eigenvalue weighted by molar-refractivity contribution is 6.30. The van der Waals surface area contributed by atoms with Gasteiger partial charge < -0.3 is 10.1 Å². The lowest BCUT2D eigenvalue weighted by atomic mass is 10.2. The quantitative estimate of drug-likeness (QED) is 0.838. The van der Waals surface area contributed by atoms with Crippen molar-refractivity contribution >= 4 is 23.2 Å². The predicted octanol–water partition coefficient (Wildman–Crippen LogP) is 3.16. The molecule has 124 valence electrons. The molecular formula is C18H18ClN3O2. The van der Waals surface area contributed by atoms with Crippen molar-refractivity contribution in [2.75, 3.05) is 32.1 Å². The molecule has 0 spiro atoms. The second-order valence-electron chi connectivity index (χ2n) is 5.28. The van der Waals surface area contributed by atoms with Crippen LogP contribution in [0.3, 0.4) is 0 Å². The van der Waals surface area contributed by atoms with Crippen LogP contribution in [0.25, 0.3) is 0 Å². The molecule has 0 bridgehead atoms. The van der Waals surface area contributed by atoms with Gasteiger partial charge in [0.2, 0.25) is 5.91 Å². The predicted molar refractivity (Wildman–Crippen MR) is 94.2 cm³/mol. The summed E-state index contributed by atoms with van der Waals surface area (Å²) in [4.78, 5) is 13.9. The number of hydrogen-bond donors (Lipinski definition) is 1. The Morgan fingerprint density at radius 3 is 2.75 bits per heavy atom. The van der Waals surface area contributed by atoms with Gasteiger partial charge in [-0.15, -0.1) is 0 Å². The maximum Gasteiger partial charge on any atom is 0.238 e. The Morgan fingerprint density at radius 1 is 1.29 bits per heavy atom. The summed E-state index contributed by atoms with van der Waals surface area (Å²) in [5.74, 6) is 0.602. The minimum absolute atomic E-state index is 0.140. The minimum Gasteiger partial charge on any atom is -0.492 e. The summed E-state index contributed by atoms with van der Waals surface area (Å²) >= 11 is 5.81. The molecule has 0 unspecified atom stereocenters. The smallest absolute Gasteiger partial charge is 0.238 e. The third kappa shape index (κ3) is 5.92. The Morgan fingerprint density at radius 2 is 2.04 bits per heavy atom. The molecule has 0 fully saturated rings. The summed E-state index contributed by atoms with van der Waals surface area (Å²) < 4.78 is 5.59. The highest BCUT2D eigenvalue weighted by Crippen LogP contribution is 2.15. The molecule has 2 rings (SSSR count). The molecule has 6 heteroatoms. The molecule has 0 heterocycles. The van der Waals surface area contributed by atoms with Crippen molar-refractivity contribution in [2.45, 2.75) is 0 Å². The van der Waals surface area contributed by atoms with Gasteiger partial charge in [-0.3, -0.25) is 9.69 Å². The van der Waals surface area contributed by atoms with E-state index in [9.17, 15) is 4.79 Å². The van der Waals surface area contributed by atoms with Gasteiger partial charge in [0.25, 0.3) is 0 Å². The van der Waals surface area contributed by atoms with Crippen LogP contribution in [0.15, 0.2) is 48.5 Å². The fraction of sp³-hybridized carbons (Fsp3) is 0.222. The monoisotopic (exact) mass is 343 g/mol. The van der Waals surface area contributed by atoms with Gasteiger partial charge >= 0.3 is 0 Å². The number of ether oxygens (including phenoxy) is 1. The highest BCUT2D eigenvalue weighted by atomic mass is 35.5. The van der Waals surface area contributed by atoms with Gasteiger partial charge in [-0.25, -0.2) is 0 Å². The van der Waals surface area contributed by atoms with Crippen molar-refractivity contribution in [1.29, 1.82) is 5.26 Å². The second kappa shape index (κ2) is 8.92. The van der Waals surface area contributed by atoms with E-state index in [0.29, 0.717) is 29.4 Å². The van der Waals surface area contributed by atoms with Crippen LogP contribution in [0.5, 0.6) is 5.75 Å². The number of carbonyl (C=O) groups is 1. The van der Waals surface area contributed by atoms with Crippen LogP contribution < -0.4 is 10.1 Å². The number of anilines is 1. The summed E-state index contributed by atoms with van der Waals surface area (Å²) in [6, 6.07) is 16.0. The van der Waals surface area contributed by atoms with Crippen molar-refractivity contribution in [2.24, 2.45) is 0 Å². The van der Waals surface area contributed by atoms with Gasteiger partial charge in [0.1, 0.15) is 12.4 Å². The van der Waals surface area contributed by atoms with Crippen LogP contribution in [0, 0.1) is 11.3 Å². The van der Waals surface area contributed by atoms with Crippen LogP contribution in [0.2, 0.25) is 5.02 Å². The van der Waals surface area contributed by atoms with Crippen LogP contribution in [-0.2, 0) is 4.79 Å². The molecule has 5 nitrogen and oxygen atoms in total. The van der Waals surface area contributed by atoms with E-state index in [4.69, 9.17) is 21.6 Å². The van der Waals surface area contributed by atoms with E-state index in [-0.39, 0.29) is 12.5 Å². The van der Waals surface area contributed by atoms with E-state index in [1.807, 2.05) is 18.0 Å². The van der Waals surface area contributed by atoms with Crippen LogP contribution >= 0.6 is 11.6 Å². The number of rotatable bonds is 7. The number of halogens is 1. The third-order valence-corrected chi connectivity index (χ3v) is 3.50. The summed E-state index contributed by atoms with van der Waals surface area (Å²) in [5, 5.41) is 12.3. The van der Waals surface area contributed by atoms with Crippen LogP contribution in [-0.4, -0.2) is 37.6 Å². The Hall–Kier alpha value is -2.55. The standard InChI is InChI=1S/C18H18ClN3O2/c1-22(9-10-24-17-7-5-15(19)6-8-17)13-18(23)21-16-4-2-3-14(11-16)12-20/h2-8,11H,9-10,13H2,1H3,(H,21,23). The molecule has 1 N–H and O–H groups in total. The normalized spacial score (nSPS) is 10.2. The van der Waals surface area contributed by atoms with Crippen LogP contribution in [0.1, 0.15) is 5.56 Å². The summed E-state index contributed by atoms with van der Waals surface area (Å²) in [5.41, 5.74) is 1.13. The highest BCUT2D eigenvalue weighted by Gasteiger charge is 2.07. The molecule has 0 saturated heterocycles. The minimum atomic E-state index is -0.140. The number of nitriles is 1. The topological polar surface area (TPSA) is 65.4 Å². The summed E-state index contributed by atoms with van der Waals surface area (Å²) in [7, 11) is 1.84. The number of carbonyl (C=O) groups excluding carboxylic acids is 1. The lowest BCUT2D eigenvalue weighted by Gasteiger charge is -2.16. The molecule has 0 radical (unpaired) electrons. The van der Waals surface area contributed by atoms with E-state index in [1.54, 1.807) is 48.5 Å². The SMILES string of the molecule is CN(CCOc1ccc(Cl)cc1)CC(=O)Nc1cccc(C#N)c1. The van der Waals surface area contributed by atoms with E-state index in [2.05, 4.69) is 5.32 Å². The molecule has 2 aromatic carbocycles. The molecule has 0 aromatic heterocycles.